The molecule has 1 aliphatic carbocycles. The zero-order chi connectivity index (χ0) is 12.1. The smallest absolute Gasteiger partial charge is 0.0659 e. The third-order valence-electron chi connectivity index (χ3n) is 2.91. The van der Waals surface area contributed by atoms with Crippen molar-refractivity contribution >= 4 is 45.7 Å². The second-order valence-electron chi connectivity index (χ2n) is 4.08. The Bertz CT molecular complexity index is 408. The van der Waals surface area contributed by atoms with E-state index in [-0.39, 0.29) is 0 Å². The fourth-order valence-electron chi connectivity index (χ4n) is 2.17. The Labute approximate surface area is 125 Å². The summed E-state index contributed by atoms with van der Waals surface area (Å²) in [5.74, 6) is 4.60. The third-order valence-corrected chi connectivity index (χ3v) is 5.74. The average molecular weight is 377 g/mol. The van der Waals surface area contributed by atoms with Crippen LogP contribution in [-0.4, -0.2) is 18.1 Å². The zero-order valence-electron chi connectivity index (χ0n) is 9.67. The van der Waals surface area contributed by atoms with Crippen LogP contribution in [0.4, 0.5) is 0 Å². The summed E-state index contributed by atoms with van der Waals surface area (Å²) in [6.45, 7) is 1.06. The summed E-state index contributed by atoms with van der Waals surface area (Å²) < 4.78 is 1.42. The molecule has 0 spiro atoms. The highest BCUT2D eigenvalue weighted by molar-refractivity contribution is 14.1. The van der Waals surface area contributed by atoms with Crippen molar-refractivity contribution in [2.75, 3.05) is 18.1 Å². The van der Waals surface area contributed by atoms with Crippen LogP contribution < -0.4 is 5.32 Å². The Hall–Kier alpha value is 0.300. The van der Waals surface area contributed by atoms with Gasteiger partial charge in [0, 0.05) is 23.2 Å². The van der Waals surface area contributed by atoms with Gasteiger partial charge in [0.1, 0.15) is 0 Å². The molecule has 1 aromatic heterocycles. The van der Waals surface area contributed by atoms with E-state index in [0.29, 0.717) is 6.04 Å². The van der Waals surface area contributed by atoms with Gasteiger partial charge in [-0.25, -0.2) is 0 Å². The van der Waals surface area contributed by atoms with Crippen LogP contribution in [0.5, 0.6) is 0 Å². The maximum absolute atomic E-state index is 5.23. The van der Waals surface area contributed by atoms with Crippen molar-refractivity contribution in [1.82, 2.24) is 5.32 Å². The lowest BCUT2D eigenvalue weighted by molar-refractivity contribution is 0.477. The maximum Gasteiger partial charge on any atom is 0.0659 e. The standard InChI is InChI=1S/C13H16INS2/c1-2-7-16-8-6-15-11-4-3-5-12-10(11)9-13(14)17-12/h1,9,11,15H,3-8H2. The molecule has 1 nitrogen and oxygen atoms in total. The number of hydrogen-bond acceptors (Lipinski definition) is 3. The summed E-state index contributed by atoms with van der Waals surface area (Å²) in [6.07, 6.45) is 9.10. The van der Waals surface area contributed by atoms with Gasteiger partial charge in [0.15, 0.2) is 0 Å². The lowest BCUT2D eigenvalue weighted by Crippen LogP contribution is -2.26. The van der Waals surface area contributed by atoms with E-state index in [0.717, 1.165) is 18.1 Å². The first-order chi connectivity index (χ1) is 8.31. The minimum Gasteiger partial charge on any atom is -0.309 e. The van der Waals surface area contributed by atoms with Gasteiger partial charge in [-0.2, -0.15) is 0 Å². The Morgan fingerprint density at radius 1 is 1.65 bits per heavy atom. The molecule has 0 saturated carbocycles. The summed E-state index contributed by atoms with van der Waals surface area (Å²) >= 11 is 6.22. The van der Waals surface area contributed by atoms with Gasteiger partial charge < -0.3 is 5.32 Å². The van der Waals surface area contributed by atoms with Crippen molar-refractivity contribution in [2.45, 2.75) is 25.3 Å². The fraction of sp³-hybridized carbons (Fsp3) is 0.538. The van der Waals surface area contributed by atoms with Gasteiger partial charge in [-0.05, 0) is 53.5 Å². The summed E-state index contributed by atoms with van der Waals surface area (Å²) in [5.41, 5.74) is 1.55. The molecule has 1 unspecified atom stereocenters. The largest absolute Gasteiger partial charge is 0.309 e. The lowest BCUT2D eigenvalue weighted by atomic mass is 9.94. The highest BCUT2D eigenvalue weighted by Gasteiger charge is 2.21. The van der Waals surface area contributed by atoms with E-state index in [4.69, 9.17) is 6.42 Å². The quantitative estimate of drug-likeness (QED) is 0.477. The van der Waals surface area contributed by atoms with Crippen LogP contribution in [-0.2, 0) is 6.42 Å². The summed E-state index contributed by atoms with van der Waals surface area (Å²) in [5, 5.41) is 3.66. The summed E-state index contributed by atoms with van der Waals surface area (Å²) in [7, 11) is 0. The number of hydrogen-bond donors (Lipinski definition) is 1. The van der Waals surface area contributed by atoms with Gasteiger partial charge in [-0.3, -0.25) is 0 Å². The molecule has 17 heavy (non-hydrogen) atoms. The molecule has 4 heteroatoms. The Balaban J connectivity index is 1.84. The molecule has 1 aliphatic rings. The normalized spacial score (nSPS) is 18.7. The highest BCUT2D eigenvalue weighted by Crippen LogP contribution is 2.36. The zero-order valence-corrected chi connectivity index (χ0v) is 13.5. The van der Waals surface area contributed by atoms with Gasteiger partial charge >= 0.3 is 0 Å². The Morgan fingerprint density at radius 2 is 2.53 bits per heavy atom. The van der Waals surface area contributed by atoms with Gasteiger partial charge in [-0.1, -0.05) is 5.92 Å². The molecule has 2 rings (SSSR count). The molecule has 0 aromatic carbocycles. The van der Waals surface area contributed by atoms with Crippen molar-refractivity contribution in [3.05, 3.63) is 19.4 Å². The number of rotatable bonds is 5. The van der Waals surface area contributed by atoms with Crippen LogP contribution in [0, 0.1) is 15.2 Å². The molecule has 1 atom stereocenters. The summed E-state index contributed by atoms with van der Waals surface area (Å²) in [6, 6.07) is 2.93. The number of nitrogens with one attached hydrogen (secondary N) is 1. The SMILES string of the molecule is C#CCSCCNC1CCCc2sc(I)cc21. The molecule has 0 saturated heterocycles. The lowest BCUT2D eigenvalue weighted by Gasteiger charge is -2.23. The topological polar surface area (TPSA) is 12.0 Å². The van der Waals surface area contributed by atoms with Gasteiger partial charge in [0.05, 0.1) is 8.64 Å². The Kier molecular flexibility index (Phi) is 5.67. The molecule has 0 fully saturated rings. The van der Waals surface area contributed by atoms with Crippen molar-refractivity contribution in [3.63, 3.8) is 0 Å². The third kappa shape index (κ3) is 3.88. The van der Waals surface area contributed by atoms with Crippen LogP contribution in [0.1, 0.15) is 29.3 Å². The molecule has 0 radical (unpaired) electrons. The van der Waals surface area contributed by atoms with E-state index in [2.05, 4.69) is 39.9 Å². The van der Waals surface area contributed by atoms with Crippen molar-refractivity contribution < 1.29 is 0 Å². The molecular formula is C13H16INS2. The van der Waals surface area contributed by atoms with Crippen LogP contribution in [0.2, 0.25) is 0 Å². The van der Waals surface area contributed by atoms with Crippen LogP contribution in [0.25, 0.3) is 0 Å². The van der Waals surface area contributed by atoms with Crippen molar-refractivity contribution in [2.24, 2.45) is 0 Å². The molecule has 92 valence electrons. The first-order valence-electron chi connectivity index (χ1n) is 5.84. The van der Waals surface area contributed by atoms with Gasteiger partial charge in [-0.15, -0.1) is 29.5 Å². The van der Waals surface area contributed by atoms with Crippen molar-refractivity contribution in [1.29, 1.82) is 0 Å². The van der Waals surface area contributed by atoms with E-state index in [9.17, 15) is 0 Å². The molecule has 1 heterocycles. The first kappa shape index (κ1) is 13.7. The van der Waals surface area contributed by atoms with Crippen LogP contribution in [0.3, 0.4) is 0 Å². The Morgan fingerprint density at radius 3 is 3.35 bits per heavy atom. The minimum atomic E-state index is 0.574. The van der Waals surface area contributed by atoms with Crippen LogP contribution in [0.15, 0.2) is 6.07 Å². The fourth-order valence-corrected chi connectivity index (χ4v) is 4.81. The monoisotopic (exact) mass is 377 g/mol. The van der Waals surface area contributed by atoms with Gasteiger partial charge in [0.2, 0.25) is 0 Å². The molecule has 0 amide bonds. The second kappa shape index (κ2) is 7.03. The number of terminal acetylenes is 1. The van der Waals surface area contributed by atoms with E-state index < -0.39 is 0 Å². The van der Waals surface area contributed by atoms with Crippen LogP contribution >= 0.6 is 45.7 Å². The molecule has 1 aromatic rings. The molecule has 1 N–H and O–H groups in total. The first-order valence-corrected chi connectivity index (χ1v) is 8.89. The van der Waals surface area contributed by atoms with Crippen molar-refractivity contribution in [3.8, 4) is 12.3 Å². The number of aryl methyl sites for hydroxylation is 1. The molecule has 0 aliphatic heterocycles. The molecular weight excluding hydrogens is 361 g/mol. The maximum atomic E-state index is 5.23. The molecule has 0 bridgehead atoms. The predicted molar refractivity (Wildman–Crippen MR) is 86.9 cm³/mol. The number of thiophene rings is 1. The van der Waals surface area contributed by atoms with Gasteiger partial charge in [0.25, 0.3) is 0 Å². The number of halogens is 1. The summed E-state index contributed by atoms with van der Waals surface area (Å²) in [4.78, 5) is 1.59. The average Bonchev–Trinajstić information content (AvgIpc) is 2.70. The minimum absolute atomic E-state index is 0.574. The number of fused-ring (bicyclic) bond motifs is 1. The second-order valence-corrected chi connectivity index (χ2v) is 8.22. The van der Waals surface area contributed by atoms with E-state index in [1.54, 1.807) is 10.4 Å². The van der Waals surface area contributed by atoms with E-state index in [1.807, 2.05) is 23.1 Å². The highest BCUT2D eigenvalue weighted by atomic mass is 127. The van der Waals surface area contributed by atoms with E-state index in [1.165, 1.54) is 22.1 Å². The van der Waals surface area contributed by atoms with E-state index >= 15 is 0 Å². The number of thioether (sulfide) groups is 1. The predicted octanol–water partition coefficient (Wildman–Crippen LogP) is 3.69.